The number of sulfonamides is 1. The van der Waals surface area contributed by atoms with Gasteiger partial charge in [-0.15, -0.1) is 0 Å². The molecule has 2 aromatic carbocycles. The minimum atomic E-state index is -3.66. The number of halogens is 1. The van der Waals surface area contributed by atoms with Crippen molar-refractivity contribution in [2.24, 2.45) is 0 Å². The highest BCUT2D eigenvalue weighted by atomic mass is 32.2. The van der Waals surface area contributed by atoms with Crippen molar-refractivity contribution in [1.82, 2.24) is 4.72 Å². The molecule has 2 aromatic rings. The second-order valence-corrected chi connectivity index (χ2v) is 6.84. The van der Waals surface area contributed by atoms with Gasteiger partial charge in [-0.3, -0.25) is 0 Å². The van der Waals surface area contributed by atoms with E-state index in [0.29, 0.717) is 30.3 Å². The molecular formula is C17H20FNO5S. The molecule has 0 radical (unpaired) electrons. The lowest BCUT2D eigenvalue weighted by atomic mass is 10.3. The van der Waals surface area contributed by atoms with Crippen LogP contribution in [0, 0.1) is 5.82 Å². The lowest BCUT2D eigenvalue weighted by Gasteiger charge is -2.11. The van der Waals surface area contributed by atoms with E-state index >= 15 is 0 Å². The zero-order valence-corrected chi connectivity index (χ0v) is 14.8. The summed E-state index contributed by atoms with van der Waals surface area (Å²) in [5.74, 6) is 0.985. The Kier molecular flexibility index (Phi) is 6.60. The Morgan fingerprint density at radius 3 is 2.32 bits per heavy atom. The molecule has 136 valence electrons. The van der Waals surface area contributed by atoms with Crippen LogP contribution in [-0.4, -0.2) is 35.8 Å². The van der Waals surface area contributed by atoms with Crippen LogP contribution in [0.5, 0.6) is 17.2 Å². The van der Waals surface area contributed by atoms with Gasteiger partial charge < -0.3 is 14.2 Å². The molecule has 0 aromatic heterocycles. The number of benzene rings is 2. The Balaban J connectivity index is 1.86. The van der Waals surface area contributed by atoms with Crippen molar-refractivity contribution in [2.75, 3.05) is 27.4 Å². The fraction of sp³-hybridized carbons (Fsp3) is 0.294. The number of nitrogens with one attached hydrogen (secondary N) is 1. The molecule has 6 nitrogen and oxygen atoms in total. The van der Waals surface area contributed by atoms with E-state index in [9.17, 15) is 12.8 Å². The van der Waals surface area contributed by atoms with Gasteiger partial charge in [0.2, 0.25) is 10.0 Å². The van der Waals surface area contributed by atoms with Gasteiger partial charge in [0.05, 0.1) is 25.7 Å². The molecule has 0 fully saturated rings. The fourth-order valence-electron chi connectivity index (χ4n) is 2.07. The van der Waals surface area contributed by atoms with Crippen LogP contribution in [0.1, 0.15) is 6.42 Å². The quantitative estimate of drug-likeness (QED) is 0.688. The molecule has 25 heavy (non-hydrogen) atoms. The maximum Gasteiger partial charge on any atom is 0.240 e. The topological polar surface area (TPSA) is 73.9 Å². The number of methoxy groups -OCH3 is 2. The SMILES string of the molecule is COc1ccc(S(=O)(=O)NCCCOc2ccc(F)cc2)cc1OC. The summed E-state index contributed by atoms with van der Waals surface area (Å²) in [6.45, 7) is 0.512. The summed E-state index contributed by atoms with van der Waals surface area (Å²) >= 11 is 0. The van der Waals surface area contributed by atoms with Crippen LogP contribution in [0.4, 0.5) is 4.39 Å². The van der Waals surface area contributed by atoms with Gasteiger partial charge in [0.25, 0.3) is 0 Å². The molecule has 0 aliphatic carbocycles. The normalized spacial score (nSPS) is 11.2. The highest BCUT2D eigenvalue weighted by Crippen LogP contribution is 2.29. The number of ether oxygens (including phenoxy) is 3. The summed E-state index contributed by atoms with van der Waals surface area (Å²) in [7, 11) is -0.743. The molecule has 0 heterocycles. The first kappa shape index (κ1) is 19.0. The first-order chi connectivity index (χ1) is 12.0. The zero-order valence-electron chi connectivity index (χ0n) is 14.0. The van der Waals surface area contributed by atoms with E-state index in [1.165, 1.54) is 56.7 Å². The summed E-state index contributed by atoms with van der Waals surface area (Å²) in [5, 5.41) is 0. The third kappa shape index (κ3) is 5.33. The van der Waals surface area contributed by atoms with Gasteiger partial charge in [-0.25, -0.2) is 17.5 Å². The molecule has 0 saturated heterocycles. The second-order valence-electron chi connectivity index (χ2n) is 5.07. The number of rotatable bonds is 9. The van der Waals surface area contributed by atoms with Gasteiger partial charge >= 0.3 is 0 Å². The van der Waals surface area contributed by atoms with Crippen LogP contribution in [0.3, 0.4) is 0 Å². The van der Waals surface area contributed by atoms with Gasteiger partial charge in [-0.1, -0.05) is 0 Å². The van der Waals surface area contributed by atoms with Crippen molar-refractivity contribution in [3.8, 4) is 17.2 Å². The molecule has 8 heteroatoms. The van der Waals surface area contributed by atoms with Crippen LogP contribution < -0.4 is 18.9 Å². The molecule has 1 N–H and O–H groups in total. The summed E-state index contributed by atoms with van der Waals surface area (Å²) < 4.78 is 55.4. The van der Waals surface area contributed by atoms with Crippen molar-refractivity contribution in [3.63, 3.8) is 0 Å². The maximum absolute atomic E-state index is 12.8. The predicted octanol–water partition coefficient (Wildman–Crippen LogP) is 2.59. The lowest BCUT2D eigenvalue weighted by molar-refractivity contribution is 0.311. The van der Waals surface area contributed by atoms with E-state index in [1.54, 1.807) is 0 Å². The average molecular weight is 369 g/mol. The van der Waals surface area contributed by atoms with Gasteiger partial charge in [0, 0.05) is 12.6 Å². The Hall–Kier alpha value is -2.32. The molecule has 2 rings (SSSR count). The molecule has 0 spiro atoms. The minimum absolute atomic E-state index is 0.0876. The fourth-order valence-corrected chi connectivity index (χ4v) is 3.16. The molecule has 0 unspecified atom stereocenters. The molecule has 0 saturated carbocycles. The molecular weight excluding hydrogens is 349 g/mol. The second kappa shape index (κ2) is 8.68. The largest absolute Gasteiger partial charge is 0.494 e. The van der Waals surface area contributed by atoms with E-state index in [4.69, 9.17) is 14.2 Å². The van der Waals surface area contributed by atoms with Crippen LogP contribution >= 0.6 is 0 Å². The summed E-state index contributed by atoms with van der Waals surface area (Å²) in [6.07, 6.45) is 0.462. The summed E-state index contributed by atoms with van der Waals surface area (Å²) in [5.41, 5.74) is 0. The Morgan fingerprint density at radius 2 is 1.68 bits per heavy atom. The molecule has 0 amide bonds. The van der Waals surface area contributed by atoms with Crippen LogP contribution in [-0.2, 0) is 10.0 Å². The van der Waals surface area contributed by atoms with Crippen molar-refractivity contribution in [2.45, 2.75) is 11.3 Å². The van der Waals surface area contributed by atoms with Crippen molar-refractivity contribution < 1.29 is 27.0 Å². The van der Waals surface area contributed by atoms with Crippen LogP contribution in [0.15, 0.2) is 47.4 Å². The van der Waals surface area contributed by atoms with Gasteiger partial charge in [0.15, 0.2) is 11.5 Å². The van der Waals surface area contributed by atoms with E-state index in [1.807, 2.05) is 0 Å². The monoisotopic (exact) mass is 369 g/mol. The van der Waals surface area contributed by atoms with E-state index < -0.39 is 10.0 Å². The Bertz CT molecular complexity index is 793. The third-order valence-corrected chi connectivity index (χ3v) is 4.82. The Labute approximate surface area is 146 Å². The molecule has 0 atom stereocenters. The number of hydrogen-bond acceptors (Lipinski definition) is 5. The third-order valence-electron chi connectivity index (χ3n) is 3.36. The first-order valence-corrected chi connectivity index (χ1v) is 9.04. The van der Waals surface area contributed by atoms with E-state index in [2.05, 4.69) is 4.72 Å². The van der Waals surface area contributed by atoms with E-state index in [-0.39, 0.29) is 17.3 Å². The van der Waals surface area contributed by atoms with Gasteiger partial charge in [-0.2, -0.15) is 0 Å². The lowest BCUT2D eigenvalue weighted by Crippen LogP contribution is -2.26. The minimum Gasteiger partial charge on any atom is -0.494 e. The summed E-state index contributed by atoms with van der Waals surface area (Å²) in [6, 6.07) is 10.0. The maximum atomic E-state index is 12.8. The van der Waals surface area contributed by atoms with Crippen molar-refractivity contribution in [1.29, 1.82) is 0 Å². The van der Waals surface area contributed by atoms with Crippen LogP contribution in [0.2, 0.25) is 0 Å². The van der Waals surface area contributed by atoms with Gasteiger partial charge in [-0.05, 0) is 42.8 Å². The van der Waals surface area contributed by atoms with Crippen molar-refractivity contribution in [3.05, 3.63) is 48.3 Å². The standard InChI is InChI=1S/C17H20FNO5S/c1-22-16-9-8-15(12-17(16)23-2)25(20,21)19-10-3-11-24-14-6-4-13(18)5-7-14/h4-9,12,19H,3,10-11H2,1-2H3. The van der Waals surface area contributed by atoms with Crippen LogP contribution in [0.25, 0.3) is 0 Å². The molecule has 0 aliphatic heterocycles. The molecule has 0 aliphatic rings. The smallest absolute Gasteiger partial charge is 0.240 e. The highest BCUT2D eigenvalue weighted by molar-refractivity contribution is 7.89. The van der Waals surface area contributed by atoms with Crippen molar-refractivity contribution >= 4 is 10.0 Å². The highest BCUT2D eigenvalue weighted by Gasteiger charge is 2.16. The predicted molar refractivity (Wildman–Crippen MR) is 91.2 cm³/mol. The zero-order chi connectivity index (χ0) is 18.3. The summed E-state index contributed by atoms with van der Waals surface area (Å²) in [4.78, 5) is 0.0876. The Morgan fingerprint density at radius 1 is 1.00 bits per heavy atom. The van der Waals surface area contributed by atoms with E-state index in [0.717, 1.165) is 0 Å². The molecule has 0 bridgehead atoms. The first-order valence-electron chi connectivity index (χ1n) is 7.56. The number of hydrogen-bond donors (Lipinski definition) is 1. The van der Waals surface area contributed by atoms with Gasteiger partial charge in [0.1, 0.15) is 11.6 Å². The average Bonchev–Trinajstić information content (AvgIpc) is 2.62.